The molecule has 3 fully saturated rings. The van der Waals surface area contributed by atoms with E-state index in [1.54, 1.807) is 0 Å². The Kier molecular flexibility index (Phi) is 0.715. The molecule has 1 saturated heterocycles. The van der Waals surface area contributed by atoms with Crippen LogP contribution >= 0.6 is 0 Å². The van der Waals surface area contributed by atoms with Crippen molar-refractivity contribution in [3.63, 3.8) is 0 Å². The first kappa shape index (κ1) is 5.16. The minimum Gasteiger partial charge on any atom is -0.352 e. The van der Waals surface area contributed by atoms with Crippen molar-refractivity contribution >= 4 is 5.91 Å². The average molecular weight is 137 g/mol. The lowest BCUT2D eigenvalue weighted by Crippen LogP contribution is -2.60. The number of amides is 1. The Balaban J connectivity index is 1.95. The minimum absolute atomic E-state index is 0.331. The molecule has 0 radical (unpaired) electrons. The Morgan fingerprint density at radius 3 is 2.70 bits per heavy atom. The monoisotopic (exact) mass is 137 g/mol. The summed E-state index contributed by atoms with van der Waals surface area (Å²) in [4.78, 5) is 11.0. The summed E-state index contributed by atoms with van der Waals surface area (Å²) in [5.74, 6) is 2.40. The predicted molar refractivity (Wildman–Crippen MR) is 36.3 cm³/mol. The van der Waals surface area contributed by atoms with E-state index in [1.165, 1.54) is 19.3 Å². The molecule has 10 heavy (non-hydrogen) atoms. The Morgan fingerprint density at radius 2 is 2.10 bits per heavy atom. The first-order chi connectivity index (χ1) is 4.86. The van der Waals surface area contributed by atoms with Crippen molar-refractivity contribution in [1.82, 2.24) is 5.32 Å². The first-order valence-electron chi connectivity index (χ1n) is 4.16. The average Bonchev–Trinajstić information content (AvgIpc) is 2.40. The maximum Gasteiger partial charge on any atom is 0.225 e. The molecular weight excluding hydrogens is 126 g/mol. The highest BCUT2D eigenvalue weighted by atomic mass is 16.2. The van der Waals surface area contributed by atoms with E-state index >= 15 is 0 Å². The summed E-state index contributed by atoms with van der Waals surface area (Å²) in [6.45, 7) is 0. The lowest BCUT2D eigenvalue weighted by molar-refractivity contribution is -0.137. The van der Waals surface area contributed by atoms with Gasteiger partial charge in [0.15, 0.2) is 0 Å². The third-order valence-electron chi connectivity index (χ3n) is 3.53. The van der Waals surface area contributed by atoms with Crippen molar-refractivity contribution in [2.75, 3.05) is 0 Å². The minimum atomic E-state index is 0.331. The van der Waals surface area contributed by atoms with E-state index in [0.717, 1.165) is 11.8 Å². The van der Waals surface area contributed by atoms with Crippen molar-refractivity contribution in [3.05, 3.63) is 0 Å². The largest absolute Gasteiger partial charge is 0.352 e. The molecule has 1 amide bonds. The summed E-state index contributed by atoms with van der Waals surface area (Å²) in [5.41, 5.74) is 0. The second kappa shape index (κ2) is 1.39. The quantitative estimate of drug-likeness (QED) is 0.485. The van der Waals surface area contributed by atoms with E-state index in [0.29, 0.717) is 17.9 Å². The Labute approximate surface area is 60.0 Å². The van der Waals surface area contributed by atoms with E-state index in [2.05, 4.69) is 5.32 Å². The highest BCUT2D eigenvalue weighted by molar-refractivity contribution is 5.87. The van der Waals surface area contributed by atoms with Crippen LogP contribution in [0.3, 0.4) is 0 Å². The van der Waals surface area contributed by atoms with Gasteiger partial charge in [0.2, 0.25) is 5.91 Å². The second-order valence-electron chi connectivity index (χ2n) is 3.89. The topological polar surface area (TPSA) is 29.1 Å². The molecule has 54 valence electrons. The van der Waals surface area contributed by atoms with Gasteiger partial charge in [-0.25, -0.2) is 0 Å². The van der Waals surface area contributed by atoms with E-state index in [1.807, 2.05) is 0 Å². The highest BCUT2D eigenvalue weighted by Crippen LogP contribution is 2.51. The van der Waals surface area contributed by atoms with Gasteiger partial charge in [-0.1, -0.05) is 0 Å². The SMILES string of the molecule is O=C1NC2C3CCC(C3)C12. The third-order valence-corrected chi connectivity index (χ3v) is 3.53. The molecule has 0 aromatic heterocycles. The normalized spacial score (nSPS) is 55.8. The summed E-state index contributed by atoms with van der Waals surface area (Å²) in [6.07, 6.45) is 4.01. The van der Waals surface area contributed by atoms with Gasteiger partial charge in [0.1, 0.15) is 0 Å². The molecule has 4 atom stereocenters. The van der Waals surface area contributed by atoms with Crippen LogP contribution in [0.5, 0.6) is 0 Å². The fourth-order valence-electron chi connectivity index (χ4n) is 3.04. The van der Waals surface area contributed by atoms with Crippen molar-refractivity contribution < 1.29 is 4.79 Å². The van der Waals surface area contributed by atoms with Gasteiger partial charge in [-0.15, -0.1) is 0 Å². The number of carbonyl (C=O) groups excluding carboxylic acids is 1. The number of β-lactam (4-membered cyclic amide) rings is 1. The van der Waals surface area contributed by atoms with Crippen LogP contribution in [0.25, 0.3) is 0 Å². The lowest BCUT2D eigenvalue weighted by Gasteiger charge is -2.39. The number of nitrogens with one attached hydrogen (secondary N) is 1. The third kappa shape index (κ3) is 0.386. The van der Waals surface area contributed by atoms with E-state index in [9.17, 15) is 4.79 Å². The van der Waals surface area contributed by atoms with Gasteiger partial charge in [0.25, 0.3) is 0 Å². The smallest absolute Gasteiger partial charge is 0.225 e. The van der Waals surface area contributed by atoms with Crippen LogP contribution in [0.15, 0.2) is 0 Å². The highest BCUT2D eigenvalue weighted by Gasteiger charge is 2.57. The number of carbonyl (C=O) groups is 1. The molecule has 3 rings (SSSR count). The molecule has 0 spiro atoms. The molecule has 0 aromatic rings. The molecule has 0 aromatic carbocycles. The van der Waals surface area contributed by atoms with Crippen molar-refractivity contribution in [2.45, 2.75) is 25.3 Å². The van der Waals surface area contributed by atoms with Gasteiger partial charge in [-0.05, 0) is 31.1 Å². The Bertz CT molecular complexity index is 199. The van der Waals surface area contributed by atoms with Crippen LogP contribution < -0.4 is 5.32 Å². The van der Waals surface area contributed by atoms with Crippen LogP contribution in [0.1, 0.15) is 19.3 Å². The Hall–Kier alpha value is -0.530. The standard InChI is InChI=1S/C8H11NO/c10-8-6-4-1-2-5(3-4)7(6)9-8/h4-7H,1-3H2,(H,9,10). The van der Waals surface area contributed by atoms with E-state index in [-0.39, 0.29) is 0 Å². The molecular formula is C8H11NO. The van der Waals surface area contributed by atoms with E-state index in [4.69, 9.17) is 0 Å². The molecule has 2 heteroatoms. The van der Waals surface area contributed by atoms with Crippen LogP contribution in [-0.4, -0.2) is 11.9 Å². The molecule has 1 N–H and O–H groups in total. The molecule has 2 bridgehead atoms. The number of rotatable bonds is 0. The predicted octanol–water partition coefficient (Wildman–Crippen LogP) is 0.531. The van der Waals surface area contributed by atoms with Gasteiger partial charge < -0.3 is 5.32 Å². The zero-order valence-corrected chi connectivity index (χ0v) is 5.84. The molecule has 2 nitrogen and oxygen atoms in total. The van der Waals surface area contributed by atoms with Gasteiger partial charge in [-0.3, -0.25) is 4.79 Å². The summed E-state index contributed by atoms with van der Waals surface area (Å²) in [7, 11) is 0. The van der Waals surface area contributed by atoms with Crippen LogP contribution in [0.4, 0.5) is 0 Å². The van der Waals surface area contributed by atoms with Crippen molar-refractivity contribution in [1.29, 1.82) is 0 Å². The summed E-state index contributed by atoms with van der Waals surface area (Å²) >= 11 is 0. The molecule has 1 aliphatic heterocycles. The van der Waals surface area contributed by atoms with Crippen LogP contribution in [0.2, 0.25) is 0 Å². The second-order valence-corrected chi connectivity index (χ2v) is 3.89. The molecule has 1 heterocycles. The molecule has 4 unspecified atom stereocenters. The first-order valence-corrected chi connectivity index (χ1v) is 4.16. The van der Waals surface area contributed by atoms with Gasteiger partial charge in [0.05, 0.1) is 5.92 Å². The zero-order chi connectivity index (χ0) is 6.72. The summed E-state index contributed by atoms with van der Waals surface area (Å²) < 4.78 is 0. The number of hydrogen-bond donors (Lipinski definition) is 1. The molecule has 3 aliphatic rings. The van der Waals surface area contributed by atoms with Crippen LogP contribution in [-0.2, 0) is 4.79 Å². The molecule has 2 aliphatic carbocycles. The number of hydrogen-bond acceptors (Lipinski definition) is 1. The number of fused-ring (bicyclic) bond motifs is 5. The van der Waals surface area contributed by atoms with Crippen molar-refractivity contribution in [2.24, 2.45) is 17.8 Å². The Morgan fingerprint density at radius 1 is 1.30 bits per heavy atom. The van der Waals surface area contributed by atoms with Gasteiger partial charge in [-0.2, -0.15) is 0 Å². The molecule has 2 saturated carbocycles. The lowest BCUT2D eigenvalue weighted by atomic mass is 9.78. The van der Waals surface area contributed by atoms with Gasteiger partial charge in [0, 0.05) is 6.04 Å². The van der Waals surface area contributed by atoms with Crippen molar-refractivity contribution in [3.8, 4) is 0 Å². The summed E-state index contributed by atoms with van der Waals surface area (Å²) in [6, 6.07) is 0.603. The fraction of sp³-hybridized carbons (Fsp3) is 0.875. The van der Waals surface area contributed by atoms with Crippen LogP contribution in [0, 0.1) is 17.8 Å². The maximum absolute atomic E-state index is 11.0. The van der Waals surface area contributed by atoms with E-state index < -0.39 is 0 Å². The maximum atomic E-state index is 11.0. The summed E-state index contributed by atoms with van der Waals surface area (Å²) in [5, 5.41) is 3.00. The fourth-order valence-corrected chi connectivity index (χ4v) is 3.04. The van der Waals surface area contributed by atoms with Gasteiger partial charge >= 0.3 is 0 Å². The zero-order valence-electron chi connectivity index (χ0n) is 5.84.